The summed E-state index contributed by atoms with van der Waals surface area (Å²) in [5.74, 6) is 0.202. The van der Waals surface area contributed by atoms with Crippen LogP contribution in [0.2, 0.25) is 0 Å². The molecule has 4 rings (SSSR count). The van der Waals surface area contributed by atoms with Gasteiger partial charge in [0.25, 0.3) is 0 Å². The number of rotatable bonds is 8. The first-order chi connectivity index (χ1) is 14.3. The summed E-state index contributed by atoms with van der Waals surface area (Å²) >= 11 is 0. The average Bonchev–Trinajstić information content (AvgIpc) is 3.10. The average molecular weight is 395 g/mol. The molecule has 29 heavy (non-hydrogen) atoms. The van der Waals surface area contributed by atoms with E-state index >= 15 is 0 Å². The number of hydrogen-bond acceptors (Lipinski definition) is 5. The Balaban J connectivity index is 1.40. The first kappa shape index (κ1) is 20.2. The van der Waals surface area contributed by atoms with Crippen molar-refractivity contribution >= 4 is 5.78 Å². The van der Waals surface area contributed by atoms with E-state index in [1.807, 2.05) is 6.07 Å². The van der Waals surface area contributed by atoms with Crippen molar-refractivity contribution in [1.29, 1.82) is 0 Å². The maximum absolute atomic E-state index is 13.2. The number of aryl methyl sites for hydroxylation is 1. The number of allylic oxidation sites excluding steroid dienone is 2. The zero-order valence-electron chi connectivity index (χ0n) is 17.5. The summed E-state index contributed by atoms with van der Waals surface area (Å²) < 4.78 is 0. The van der Waals surface area contributed by atoms with Gasteiger partial charge in [0.05, 0.1) is 5.70 Å². The van der Waals surface area contributed by atoms with Gasteiger partial charge in [0.1, 0.15) is 5.70 Å². The fraction of sp³-hybridized carbons (Fsp3) is 0.542. The molecule has 0 aromatic heterocycles. The molecule has 2 heterocycles. The molecule has 0 amide bonds. The van der Waals surface area contributed by atoms with Crippen molar-refractivity contribution in [1.82, 2.24) is 20.4 Å². The summed E-state index contributed by atoms with van der Waals surface area (Å²) in [7, 11) is 0. The van der Waals surface area contributed by atoms with Crippen LogP contribution in [-0.2, 0) is 11.2 Å². The normalized spacial score (nSPS) is 20.9. The highest BCUT2D eigenvalue weighted by molar-refractivity contribution is 6.11. The third-order valence-corrected chi connectivity index (χ3v) is 6.25. The first-order valence-corrected chi connectivity index (χ1v) is 11.3. The van der Waals surface area contributed by atoms with Crippen LogP contribution in [0.5, 0.6) is 0 Å². The standard InChI is InChI=1S/C24H34N4O/c29-24-21(10-9-20-7-3-1-4-8-20)19-22(28-17-11-25-12-18-28)23(24)26-13-16-27-14-5-2-6-15-27/h1,3-4,7-8,19,25H,2,5-6,9-18H2,(H,26,29). The van der Waals surface area contributed by atoms with E-state index in [9.17, 15) is 4.79 Å². The van der Waals surface area contributed by atoms with Crippen molar-refractivity contribution in [2.45, 2.75) is 32.1 Å². The zero-order valence-corrected chi connectivity index (χ0v) is 17.5. The summed E-state index contributed by atoms with van der Waals surface area (Å²) in [4.78, 5) is 18.1. The first-order valence-electron chi connectivity index (χ1n) is 11.3. The second-order valence-corrected chi connectivity index (χ2v) is 8.31. The van der Waals surface area contributed by atoms with Crippen LogP contribution in [0.4, 0.5) is 0 Å². The van der Waals surface area contributed by atoms with Gasteiger partial charge >= 0.3 is 0 Å². The van der Waals surface area contributed by atoms with Gasteiger partial charge in [-0.05, 0) is 50.4 Å². The van der Waals surface area contributed by atoms with Crippen LogP contribution >= 0.6 is 0 Å². The minimum atomic E-state index is 0.202. The Morgan fingerprint density at radius 3 is 2.45 bits per heavy atom. The van der Waals surface area contributed by atoms with E-state index in [2.05, 4.69) is 50.8 Å². The Morgan fingerprint density at radius 2 is 1.69 bits per heavy atom. The van der Waals surface area contributed by atoms with E-state index in [1.54, 1.807) is 0 Å². The lowest BCUT2D eigenvalue weighted by molar-refractivity contribution is -0.112. The van der Waals surface area contributed by atoms with Crippen molar-refractivity contribution in [3.05, 3.63) is 58.9 Å². The number of ketones is 1. The summed E-state index contributed by atoms with van der Waals surface area (Å²) in [6.07, 6.45) is 7.83. The molecule has 0 atom stereocenters. The Bertz CT molecular complexity index is 743. The Hall–Kier alpha value is -2.11. The third kappa shape index (κ3) is 5.28. The summed E-state index contributed by atoms with van der Waals surface area (Å²) in [6, 6.07) is 10.5. The molecule has 0 spiro atoms. The second-order valence-electron chi connectivity index (χ2n) is 8.31. The summed E-state index contributed by atoms with van der Waals surface area (Å²) in [5, 5.41) is 6.94. The quantitative estimate of drug-likeness (QED) is 0.709. The zero-order chi connectivity index (χ0) is 19.9. The number of piperidine rings is 1. The SMILES string of the molecule is O=C1C(CCc2ccccc2)=CC(N2CCNCC2)=C1NCCN1CCCCC1. The van der Waals surface area contributed by atoms with Crippen molar-refractivity contribution < 1.29 is 4.79 Å². The highest BCUT2D eigenvalue weighted by Gasteiger charge is 2.29. The van der Waals surface area contributed by atoms with Gasteiger partial charge in [0.15, 0.2) is 0 Å². The number of nitrogens with zero attached hydrogens (tertiary/aromatic N) is 2. The lowest BCUT2D eigenvalue weighted by Gasteiger charge is -2.31. The highest BCUT2D eigenvalue weighted by Crippen LogP contribution is 2.27. The van der Waals surface area contributed by atoms with Crippen LogP contribution < -0.4 is 10.6 Å². The van der Waals surface area contributed by atoms with E-state index < -0.39 is 0 Å². The monoisotopic (exact) mass is 394 g/mol. The molecule has 1 aromatic carbocycles. The molecule has 0 unspecified atom stereocenters. The van der Waals surface area contributed by atoms with Gasteiger partial charge < -0.3 is 20.4 Å². The maximum atomic E-state index is 13.2. The van der Waals surface area contributed by atoms with Crippen molar-refractivity contribution in [3.8, 4) is 0 Å². The number of hydrogen-bond donors (Lipinski definition) is 2. The Morgan fingerprint density at radius 1 is 0.931 bits per heavy atom. The molecule has 0 saturated carbocycles. The molecule has 0 radical (unpaired) electrons. The molecule has 5 heteroatoms. The number of likely N-dealkylation sites (tertiary alicyclic amines) is 1. The van der Waals surface area contributed by atoms with Crippen LogP contribution in [-0.4, -0.2) is 67.9 Å². The third-order valence-electron chi connectivity index (χ3n) is 6.25. The smallest absolute Gasteiger partial charge is 0.207 e. The number of carbonyl (C=O) groups excluding carboxylic acids is 1. The van der Waals surface area contributed by atoms with Gasteiger partial charge in [-0.25, -0.2) is 0 Å². The van der Waals surface area contributed by atoms with Crippen molar-refractivity contribution in [2.75, 3.05) is 52.4 Å². The van der Waals surface area contributed by atoms with Gasteiger partial charge in [0, 0.05) is 44.8 Å². The molecular weight excluding hydrogens is 360 g/mol. The lowest BCUT2D eigenvalue weighted by Crippen LogP contribution is -2.43. The largest absolute Gasteiger partial charge is 0.379 e. The number of carbonyl (C=O) groups is 1. The Kier molecular flexibility index (Phi) is 7.01. The molecular formula is C24H34N4O. The molecule has 1 aromatic rings. The molecule has 156 valence electrons. The van der Waals surface area contributed by atoms with Crippen LogP contribution in [0, 0.1) is 0 Å². The van der Waals surface area contributed by atoms with Crippen molar-refractivity contribution in [2.24, 2.45) is 0 Å². The highest BCUT2D eigenvalue weighted by atomic mass is 16.1. The van der Waals surface area contributed by atoms with E-state index in [0.717, 1.165) is 69.1 Å². The van der Waals surface area contributed by atoms with Gasteiger partial charge in [0.2, 0.25) is 5.78 Å². The molecule has 2 saturated heterocycles. The molecule has 2 fully saturated rings. The van der Waals surface area contributed by atoms with Gasteiger partial charge in [-0.15, -0.1) is 0 Å². The predicted molar refractivity (Wildman–Crippen MR) is 118 cm³/mol. The van der Waals surface area contributed by atoms with E-state index in [0.29, 0.717) is 0 Å². The molecule has 0 bridgehead atoms. The van der Waals surface area contributed by atoms with E-state index in [4.69, 9.17) is 0 Å². The summed E-state index contributed by atoms with van der Waals surface area (Å²) in [5.41, 5.74) is 4.17. The second kappa shape index (κ2) is 10.1. The predicted octanol–water partition coefficient (Wildman–Crippen LogP) is 2.32. The van der Waals surface area contributed by atoms with Crippen LogP contribution in [0.1, 0.15) is 31.2 Å². The lowest BCUT2D eigenvalue weighted by atomic mass is 10.0. The number of Topliss-reactive ketones (excluding diaryl/α,β-unsaturated/α-hetero) is 1. The van der Waals surface area contributed by atoms with Crippen LogP contribution in [0.3, 0.4) is 0 Å². The van der Waals surface area contributed by atoms with Crippen LogP contribution in [0.25, 0.3) is 0 Å². The van der Waals surface area contributed by atoms with Crippen molar-refractivity contribution in [3.63, 3.8) is 0 Å². The number of piperazine rings is 1. The van der Waals surface area contributed by atoms with Gasteiger partial charge in [-0.1, -0.05) is 36.8 Å². The molecule has 3 aliphatic rings. The minimum absolute atomic E-state index is 0.202. The van der Waals surface area contributed by atoms with Crippen LogP contribution in [0.15, 0.2) is 53.4 Å². The molecule has 1 aliphatic carbocycles. The van der Waals surface area contributed by atoms with Gasteiger partial charge in [-0.3, -0.25) is 4.79 Å². The fourth-order valence-corrected chi connectivity index (χ4v) is 4.54. The van der Waals surface area contributed by atoms with Gasteiger partial charge in [-0.2, -0.15) is 0 Å². The molecule has 2 aliphatic heterocycles. The number of benzene rings is 1. The Labute approximate surface area is 174 Å². The molecule has 5 nitrogen and oxygen atoms in total. The topological polar surface area (TPSA) is 47.6 Å². The summed E-state index contributed by atoms with van der Waals surface area (Å²) in [6.45, 7) is 8.13. The maximum Gasteiger partial charge on any atom is 0.207 e. The fourth-order valence-electron chi connectivity index (χ4n) is 4.54. The van der Waals surface area contributed by atoms with E-state index in [-0.39, 0.29) is 5.78 Å². The molecule has 2 N–H and O–H groups in total. The number of nitrogens with one attached hydrogen (secondary N) is 2. The minimum Gasteiger partial charge on any atom is -0.379 e. The van der Waals surface area contributed by atoms with E-state index in [1.165, 1.54) is 37.9 Å².